The normalized spacial score (nSPS) is 10.6. The summed E-state index contributed by atoms with van der Waals surface area (Å²) in [5, 5.41) is 12.7. The number of hydrogen-bond acceptors (Lipinski definition) is 5. The summed E-state index contributed by atoms with van der Waals surface area (Å²) in [5.41, 5.74) is 1.70. The standard InChI is InChI=1S/C22H23ClN4O2S/c1-3-12-27-20(15-29-18-7-5-4-6-8-18)25-26-22(27)30-13-11-21(28)24-19-14-17(23)10-9-16(19)2/h3-10,14H,1,11-13,15H2,2H3,(H,24,28). The molecule has 3 aromatic rings. The van der Waals surface area contributed by atoms with Gasteiger partial charge in [0.25, 0.3) is 0 Å². The quantitative estimate of drug-likeness (QED) is 0.348. The molecule has 30 heavy (non-hydrogen) atoms. The number of carbonyl (C=O) groups excluding carboxylic acids is 1. The van der Waals surface area contributed by atoms with Crippen LogP contribution >= 0.6 is 23.4 Å². The lowest BCUT2D eigenvalue weighted by Gasteiger charge is -2.10. The van der Waals surface area contributed by atoms with Crippen LogP contribution in [0.4, 0.5) is 5.69 Å². The van der Waals surface area contributed by atoms with Gasteiger partial charge in [-0.1, -0.05) is 53.7 Å². The highest BCUT2D eigenvalue weighted by Gasteiger charge is 2.13. The van der Waals surface area contributed by atoms with Gasteiger partial charge in [-0.15, -0.1) is 16.8 Å². The van der Waals surface area contributed by atoms with Crippen LogP contribution in [0.15, 0.2) is 66.3 Å². The molecule has 3 rings (SSSR count). The van der Waals surface area contributed by atoms with Crippen molar-refractivity contribution in [3.63, 3.8) is 0 Å². The van der Waals surface area contributed by atoms with E-state index in [-0.39, 0.29) is 5.91 Å². The molecule has 6 nitrogen and oxygen atoms in total. The molecule has 0 aliphatic heterocycles. The van der Waals surface area contributed by atoms with E-state index in [2.05, 4.69) is 22.1 Å². The summed E-state index contributed by atoms with van der Waals surface area (Å²) in [4.78, 5) is 12.3. The van der Waals surface area contributed by atoms with Crippen LogP contribution in [0.3, 0.4) is 0 Å². The zero-order valence-corrected chi connectivity index (χ0v) is 18.2. The predicted molar refractivity (Wildman–Crippen MR) is 121 cm³/mol. The zero-order valence-electron chi connectivity index (χ0n) is 16.7. The van der Waals surface area contributed by atoms with Crippen molar-refractivity contribution < 1.29 is 9.53 Å². The summed E-state index contributed by atoms with van der Waals surface area (Å²) in [6.45, 7) is 6.61. The predicted octanol–water partition coefficient (Wildman–Crippen LogP) is 5.13. The lowest BCUT2D eigenvalue weighted by molar-refractivity contribution is -0.115. The van der Waals surface area contributed by atoms with Crippen molar-refractivity contribution in [3.05, 3.63) is 77.6 Å². The number of benzene rings is 2. The van der Waals surface area contributed by atoms with E-state index in [9.17, 15) is 4.79 Å². The largest absolute Gasteiger partial charge is 0.486 e. The molecule has 1 amide bonds. The van der Waals surface area contributed by atoms with Gasteiger partial charge in [-0.3, -0.25) is 9.36 Å². The molecule has 8 heteroatoms. The Labute approximate surface area is 185 Å². The van der Waals surface area contributed by atoms with Crippen molar-refractivity contribution in [2.75, 3.05) is 11.1 Å². The Kier molecular flexibility index (Phi) is 7.93. The van der Waals surface area contributed by atoms with Gasteiger partial charge in [0.15, 0.2) is 11.0 Å². The number of anilines is 1. The Morgan fingerprint density at radius 3 is 2.83 bits per heavy atom. The second kappa shape index (κ2) is 10.8. The summed E-state index contributed by atoms with van der Waals surface area (Å²) in [5.74, 6) is 1.98. The molecule has 0 aliphatic carbocycles. The third kappa shape index (κ3) is 6.11. The summed E-state index contributed by atoms with van der Waals surface area (Å²) in [6, 6.07) is 15.0. The van der Waals surface area contributed by atoms with Crippen molar-refractivity contribution in [3.8, 4) is 5.75 Å². The number of ether oxygens (including phenoxy) is 1. The first kappa shape index (κ1) is 21.9. The maximum absolute atomic E-state index is 12.3. The second-order valence-corrected chi connectivity index (χ2v) is 8.00. The highest BCUT2D eigenvalue weighted by Crippen LogP contribution is 2.22. The molecule has 1 heterocycles. The summed E-state index contributed by atoms with van der Waals surface area (Å²) >= 11 is 7.48. The molecule has 0 bridgehead atoms. The van der Waals surface area contributed by atoms with E-state index in [0.717, 1.165) is 22.2 Å². The third-order valence-corrected chi connectivity index (χ3v) is 5.45. The monoisotopic (exact) mass is 442 g/mol. The SMILES string of the molecule is C=CCn1c(COc2ccccc2)nnc1SCCC(=O)Nc1cc(Cl)ccc1C. The fraction of sp³-hybridized carbons (Fsp3) is 0.227. The Morgan fingerprint density at radius 1 is 1.27 bits per heavy atom. The van der Waals surface area contributed by atoms with Crippen LogP contribution in [0, 0.1) is 6.92 Å². The van der Waals surface area contributed by atoms with Crippen LogP contribution < -0.4 is 10.1 Å². The van der Waals surface area contributed by atoms with Gasteiger partial charge < -0.3 is 10.1 Å². The molecular weight excluding hydrogens is 420 g/mol. The van der Waals surface area contributed by atoms with Gasteiger partial charge in [0.2, 0.25) is 5.91 Å². The van der Waals surface area contributed by atoms with Crippen molar-refractivity contribution in [2.45, 2.75) is 31.7 Å². The van der Waals surface area contributed by atoms with Gasteiger partial charge in [0.05, 0.1) is 0 Å². The average Bonchev–Trinajstić information content (AvgIpc) is 3.12. The number of aromatic nitrogens is 3. The number of aryl methyl sites for hydroxylation is 1. The molecule has 0 spiro atoms. The molecule has 1 aromatic heterocycles. The number of nitrogens with one attached hydrogen (secondary N) is 1. The van der Waals surface area contributed by atoms with Crippen LogP contribution in [-0.2, 0) is 17.9 Å². The molecule has 0 atom stereocenters. The van der Waals surface area contributed by atoms with E-state index in [0.29, 0.717) is 36.2 Å². The Bertz CT molecular complexity index is 1010. The van der Waals surface area contributed by atoms with Crippen LogP contribution in [0.25, 0.3) is 0 Å². The van der Waals surface area contributed by atoms with E-state index in [1.165, 1.54) is 11.8 Å². The zero-order chi connectivity index (χ0) is 21.3. The Balaban J connectivity index is 1.55. The fourth-order valence-electron chi connectivity index (χ4n) is 2.69. The summed E-state index contributed by atoms with van der Waals surface area (Å²) in [6.07, 6.45) is 2.13. The summed E-state index contributed by atoms with van der Waals surface area (Å²) in [7, 11) is 0. The van der Waals surface area contributed by atoms with E-state index in [4.69, 9.17) is 16.3 Å². The number of rotatable bonds is 10. The lowest BCUT2D eigenvalue weighted by atomic mass is 10.2. The van der Waals surface area contributed by atoms with Crippen LogP contribution in [0.5, 0.6) is 5.75 Å². The fourth-order valence-corrected chi connectivity index (χ4v) is 3.76. The minimum absolute atomic E-state index is 0.0738. The number of halogens is 1. The Morgan fingerprint density at radius 2 is 2.07 bits per heavy atom. The van der Waals surface area contributed by atoms with Crippen LogP contribution in [-0.4, -0.2) is 26.4 Å². The molecule has 0 unspecified atom stereocenters. The van der Waals surface area contributed by atoms with Crippen LogP contribution in [0.2, 0.25) is 5.02 Å². The lowest BCUT2D eigenvalue weighted by Crippen LogP contribution is -2.13. The van der Waals surface area contributed by atoms with Crippen molar-refractivity contribution >= 4 is 35.0 Å². The smallest absolute Gasteiger partial charge is 0.225 e. The number of thioether (sulfide) groups is 1. The minimum Gasteiger partial charge on any atom is -0.486 e. The molecule has 0 fully saturated rings. The number of hydrogen-bond donors (Lipinski definition) is 1. The number of nitrogens with zero attached hydrogens (tertiary/aromatic N) is 3. The first-order valence-electron chi connectivity index (χ1n) is 9.46. The first-order valence-corrected chi connectivity index (χ1v) is 10.8. The first-order chi connectivity index (χ1) is 14.6. The van der Waals surface area contributed by atoms with E-state index in [1.807, 2.05) is 47.9 Å². The minimum atomic E-state index is -0.0738. The van der Waals surface area contributed by atoms with Gasteiger partial charge in [0.1, 0.15) is 12.4 Å². The second-order valence-electron chi connectivity index (χ2n) is 6.51. The maximum Gasteiger partial charge on any atom is 0.225 e. The Hall–Kier alpha value is -2.77. The topological polar surface area (TPSA) is 69.0 Å². The maximum atomic E-state index is 12.3. The average molecular weight is 443 g/mol. The number of carbonyl (C=O) groups is 1. The van der Waals surface area contributed by atoms with Gasteiger partial charge in [-0.05, 0) is 36.8 Å². The van der Waals surface area contributed by atoms with Gasteiger partial charge in [-0.2, -0.15) is 0 Å². The third-order valence-electron chi connectivity index (χ3n) is 4.25. The molecular formula is C22H23ClN4O2S. The van der Waals surface area contributed by atoms with Crippen LogP contribution in [0.1, 0.15) is 17.8 Å². The molecule has 0 radical (unpaired) electrons. The van der Waals surface area contributed by atoms with E-state index in [1.54, 1.807) is 18.2 Å². The van der Waals surface area contributed by atoms with Gasteiger partial charge in [-0.25, -0.2) is 0 Å². The van der Waals surface area contributed by atoms with E-state index < -0.39 is 0 Å². The van der Waals surface area contributed by atoms with Crippen molar-refractivity contribution in [1.82, 2.24) is 14.8 Å². The van der Waals surface area contributed by atoms with E-state index >= 15 is 0 Å². The molecule has 156 valence electrons. The molecule has 1 N–H and O–H groups in total. The number of amides is 1. The van der Waals surface area contributed by atoms with Gasteiger partial charge in [0, 0.05) is 29.4 Å². The molecule has 0 aliphatic rings. The van der Waals surface area contributed by atoms with Crippen molar-refractivity contribution in [2.24, 2.45) is 0 Å². The highest BCUT2D eigenvalue weighted by atomic mass is 35.5. The highest BCUT2D eigenvalue weighted by molar-refractivity contribution is 7.99. The summed E-state index contributed by atoms with van der Waals surface area (Å²) < 4.78 is 7.72. The van der Waals surface area contributed by atoms with Crippen molar-refractivity contribution in [1.29, 1.82) is 0 Å². The molecule has 2 aromatic carbocycles. The van der Waals surface area contributed by atoms with Gasteiger partial charge >= 0.3 is 0 Å². The molecule has 0 saturated carbocycles. The molecule has 0 saturated heterocycles. The number of para-hydroxylation sites is 1. The number of allylic oxidation sites excluding steroid dienone is 1.